The van der Waals surface area contributed by atoms with Crippen molar-refractivity contribution in [1.82, 2.24) is 4.90 Å². The Morgan fingerprint density at radius 1 is 0.944 bits per heavy atom. The number of sulfonamides is 1. The summed E-state index contributed by atoms with van der Waals surface area (Å²) in [6.07, 6.45) is 8.74. The van der Waals surface area contributed by atoms with Crippen LogP contribution in [0.4, 0.5) is 5.69 Å². The molecule has 0 atom stereocenters. The molecular formula is C25H28N2O8S. The Labute approximate surface area is 210 Å². The van der Waals surface area contributed by atoms with E-state index in [1.54, 1.807) is 23.2 Å². The smallest absolute Gasteiger partial charge is 0.331 e. The first-order chi connectivity index (χ1) is 17.3. The first kappa shape index (κ1) is 26.5. The van der Waals surface area contributed by atoms with E-state index in [0.717, 1.165) is 5.41 Å². The highest BCUT2D eigenvalue weighted by atomic mass is 32.2. The fraction of sp³-hybridized carbons (Fsp3) is 0.240. The molecule has 0 aliphatic carbocycles. The number of anilines is 1. The second-order valence-corrected chi connectivity index (χ2v) is 9.00. The predicted molar refractivity (Wildman–Crippen MR) is 136 cm³/mol. The quantitative estimate of drug-likeness (QED) is 0.355. The minimum absolute atomic E-state index is 0.0220. The van der Waals surface area contributed by atoms with Crippen molar-refractivity contribution in [3.63, 3.8) is 0 Å². The standard InChI is InChI=1S/C25H28N2O8S/c1-31-19-15-22(33-3)20(23(16-19)34-4)10-13-36(29,30)26-18-8-9-21(32-2)24(14-18)35-25(28)17-27-11-6-5-7-12-27/h5-11,13-16,26H,12,17H2,1-4H3/b13-10+. The van der Waals surface area contributed by atoms with Crippen molar-refractivity contribution < 1.29 is 36.9 Å². The van der Waals surface area contributed by atoms with E-state index in [4.69, 9.17) is 23.7 Å². The first-order valence-electron chi connectivity index (χ1n) is 10.8. The van der Waals surface area contributed by atoms with E-state index >= 15 is 0 Å². The summed E-state index contributed by atoms with van der Waals surface area (Å²) in [6, 6.07) is 7.60. The lowest BCUT2D eigenvalue weighted by Gasteiger charge is -2.19. The molecule has 11 heteroatoms. The molecular weight excluding hydrogens is 488 g/mol. The van der Waals surface area contributed by atoms with Crippen molar-refractivity contribution in [2.45, 2.75) is 0 Å². The van der Waals surface area contributed by atoms with Crippen molar-refractivity contribution in [1.29, 1.82) is 0 Å². The second kappa shape index (κ2) is 12.0. The van der Waals surface area contributed by atoms with Crippen molar-refractivity contribution in [3.8, 4) is 28.7 Å². The van der Waals surface area contributed by atoms with Gasteiger partial charge in [0.25, 0.3) is 10.0 Å². The molecule has 0 aromatic heterocycles. The minimum atomic E-state index is -3.97. The zero-order valence-electron chi connectivity index (χ0n) is 20.4. The van der Waals surface area contributed by atoms with Gasteiger partial charge in [-0.2, -0.15) is 0 Å². The Kier molecular flexibility index (Phi) is 8.85. The molecule has 0 unspecified atom stereocenters. The highest BCUT2D eigenvalue weighted by Crippen LogP contribution is 2.35. The summed E-state index contributed by atoms with van der Waals surface area (Å²) in [6.45, 7) is 0.604. The molecule has 1 aliphatic heterocycles. The normalized spacial score (nSPS) is 12.9. The van der Waals surface area contributed by atoms with Gasteiger partial charge >= 0.3 is 5.97 Å². The summed E-state index contributed by atoms with van der Waals surface area (Å²) in [5, 5.41) is 0.978. The van der Waals surface area contributed by atoms with E-state index in [2.05, 4.69) is 4.72 Å². The van der Waals surface area contributed by atoms with E-state index in [-0.39, 0.29) is 23.7 Å². The summed E-state index contributed by atoms with van der Waals surface area (Å²) in [4.78, 5) is 14.2. The van der Waals surface area contributed by atoms with Gasteiger partial charge in [-0.3, -0.25) is 4.72 Å². The maximum atomic E-state index is 12.8. The maximum Gasteiger partial charge on any atom is 0.331 e. The molecule has 0 fully saturated rings. The Hall–Kier alpha value is -4.12. The molecule has 3 rings (SSSR count). The molecule has 0 amide bonds. The van der Waals surface area contributed by atoms with Crippen LogP contribution in [0, 0.1) is 0 Å². The third-order valence-electron chi connectivity index (χ3n) is 5.03. The SMILES string of the molecule is COc1cc(OC)c(/C=C/S(=O)(=O)Nc2ccc(OC)c(OC(=O)CN3C=CC=CC3)c2)c(OC)c1. The van der Waals surface area contributed by atoms with Crippen LogP contribution < -0.4 is 28.4 Å². The van der Waals surface area contributed by atoms with Gasteiger partial charge in [-0.15, -0.1) is 0 Å². The molecule has 1 aliphatic rings. The van der Waals surface area contributed by atoms with Gasteiger partial charge in [0.2, 0.25) is 0 Å². The summed E-state index contributed by atoms with van der Waals surface area (Å²) in [7, 11) is 1.87. The van der Waals surface area contributed by atoms with Crippen molar-refractivity contribution >= 4 is 27.8 Å². The summed E-state index contributed by atoms with van der Waals surface area (Å²) in [5.41, 5.74) is 0.592. The largest absolute Gasteiger partial charge is 0.496 e. The van der Waals surface area contributed by atoms with Gasteiger partial charge in [-0.05, 0) is 30.5 Å². The van der Waals surface area contributed by atoms with E-state index in [1.165, 1.54) is 52.7 Å². The molecule has 0 saturated heterocycles. The van der Waals surface area contributed by atoms with Crippen LogP contribution in [0.5, 0.6) is 28.7 Å². The molecule has 2 aromatic carbocycles. The Bertz CT molecular complexity index is 1260. The van der Waals surface area contributed by atoms with E-state index < -0.39 is 16.0 Å². The molecule has 0 radical (unpaired) electrons. The number of nitrogens with zero attached hydrogens (tertiary/aromatic N) is 1. The Morgan fingerprint density at radius 3 is 2.22 bits per heavy atom. The number of hydrogen-bond acceptors (Lipinski definition) is 9. The number of hydrogen-bond donors (Lipinski definition) is 1. The number of benzene rings is 2. The highest BCUT2D eigenvalue weighted by Gasteiger charge is 2.16. The Morgan fingerprint density at radius 2 is 1.64 bits per heavy atom. The van der Waals surface area contributed by atoms with Gasteiger partial charge in [0.15, 0.2) is 11.5 Å². The molecule has 10 nitrogen and oxygen atoms in total. The predicted octanol–water partition coefficient (Wildman–Crippen LogP) is 3.42. The monoisotopic (exact) mass is 516 g/mol. The van der Waals surface area contributed by atoms with Crippen LogP contribution in [0.15, 0.2) is 60.2 Å². The van der Waals surface area contributed by atoms with Crippen molar-refractivity contribution in [3.05, 3.63) is 65.7 Å². The van der Waals surface area contributed by atoms with Crippen LogP contribution in [0.2, 0.25) is 0 Å². The summed E-state index contributed by atoms with van der Waals surface area (Å²) >= 11 is 0. The first-order valence-corrected chi connectivity index (χ1v) is 12.3. The van der Waals surface area contributed by atoms with Crippen molar-refractivity contribution in [2.75, 3.05) is 46.3 Å². The van der Waals surface area contributed by atoms with E-state index in [0.29, 0.717) is 29.4 Å². The molecule has 192 valence electrons. The number of nitrogens with one attached hydrogen (secondary N) is 1. The number of carbonyl (C=O) groups is 1. The molecule has 0 bridgehead atoms. The number of rotatable bonds is 11. The number of allylic oxidation sites excluding steroid dienone is 2. The number of ether oxygens (including phenoxy) is 5. The number of carbonyl (C=O) groups excluding carboxylic acids is 1. The van der Waals surface area contributed by atoms with Gasteiger partial charge in [-0.1, -0.05) is 12.2 Å². The van der Waals surface area contributed by atoms with Crippen LogP contribution in [-0.4, -0.2) is 60.8 Å². The molecule has 36 heavy (non-hydrogen) atoms. The van der Waals surface area contributed by atoms with E-state index in [9.17, 15) is 13.2 Å². The molecule has 2 aromatic rings. The van der Waals surface area contributed by atoms with Crippen LogP contribution in [0.25, 0.3) is 6.08 Å². The molecule has 0 spiro atoms. The fourth-order valence-corrected chi connectivity index (χ4v) is 4.16. The zero-order chi connectivity index (χ0) is 26.1. The lowest BCUT2D eigenvalue weighted by atomic mass is 10.1. The average molecular weight is 517 g/mol. The molecule has 1 heterocycles. The van der Waals surface area contributed by atoms with Gasteiger partial charge in [-0.25, -0.2) is 13.2 Å². The zero-order valence-corrected chi connectivity index (χ0v) is 21.2. The average Bonchev–Trinajstić information content (AvgIpc) is 2.87. The molecule has 1 N–H and O–H groups in total. The van der Waals surface area contributed by atoms with Crippen LogP contribution >= 0.6 is 0 Å². The molecule has 0 saturated carbocycles. The Balaban J connectivity index is 1.78. The van der Waals surface area contributed by atoms with Gasteiger partial charge in [0.1, 0.15) is 23.8 Å². The number of methoxy groups -OCH3 is 4. The maximum absolute atomic E-state index is 12.8. The van der Waals surface area contributed by atoms with Gasteiger partial charge in [0.05, 0.1) is 45.1 Å². The van der Waals surface area contributed by atoms with E-state index in [1.807, 2.05) is 18.2 Å². The van der Waals surface area contributed by atoms with Crippen LogP contribution in [-0.2, 0) is 14.8 Å². The van der Waals surface area contributed by atoms with Gasteiger partial charge in [0, 0.05) is 24.7 Å². The second-order valence-electron chi connectivity index (χ2n) is 7.43. The minimum Gasteiger partial charge on any atom is -0.496 e. The summed E-state index contributed by atoms with van der Waals surface area (Å²) in [5.74, 6) is 1.08. The lowest BCUT2D eigenvalue weighted by molar-refractivity contribution is -0.135. The van der Waals surface area contributed by atoms with Gasteiger partial charge < -0.3 is 28.6 Å². The topological polar surface area (TPSA) is 113 Å². The van der Waals surface area contributed by atoms with Crippen LogP contribution in [0.3, 0.4) is 0 Å². The third kappa shape index (κ3) is 6.95. The summed E-state index contributed by atoms with van der Waals surface area (Å²) < 4.78 is 54.6. The fourth-order valence-electron chi connectivity index (χ4n) is 3.32. The third-order valence-corrected chi connectivity index (χ3v) is 6.05. The highest BCUT2D eigenvalue weighted by molar-refractivity contribution is 7.95. The van der Waals surface area contributed by atoms with Crippen LogP contribution in [0.1, 0.15) is 5.56 Å². The van der Waals surface area contributed by atoms with Crippen molar-refractivity contribution in [2.24, 2.45) is 0 Å². The number of esters is 1. The lowest BCUT2D eigenvalue weighted by Crippen LogP contribution is -2.29.